The van der Waals surface area contributed by atoms with Crippen LogP contribution >= 0.6 is 11.6 Å². The minimum absolute atomic E-state index is 0.113. The zero-order valence-electron chi connectivity index (χ0n) is 12.1. The van der Waals surface area contributed by atoms with Crippen LogP contribution in [-0.4, -0.2) is 6.61 Å². The lowest BCUT2D eigenvalue weighted by atomic mass is 10.2. The predicted molar refractivity (Wildman–Crippen MR) is 90.8 cm³/mol. The van der Waals surface area contributed by atoms with E-state index < -0.39 is 0 Å². The fourth-order valence-corrected chi connectivity index (χ4v) is 2.27. The van der Waals surface area contributed by atoms with Crippen molar-refractivity contribution in [3.05, 3.63) is 76.0 Å². The lowest BCUT2D eigenvalue weighted by molar-refractivity contribution is 0.346. The van der Waals surface area contributed by atoms with Gasteiger partial charge in [-0.15, -0.1) is 0 Å². The molecule has 0 spiro atoms. The van der Waals surface area contributed by atoms with Gasteiger partial charge in [0.1, 0.15) is 18.0 Å². The summed E-state index contributed by atoms with van der Waals surface area (Å²) in [5, 5.41) is 0.824. The molecular formula is C18H13ClO4. The van der Waals surface area contributed by atoms with E-state index in [0.717, 1.165) is 0 Å². The average Bonchev–Trinajstić information content (AvgIpc) is 3.06. The Morgan fingerprint density at radius 2 is 2.13 bits per heavy atom. The van der Waals surface area contributed by atoms with Crippen LogP contribution in [0.25, 0.3) is 23.1 Å². The molecule has 3 rings (SSSR count). The number of rotatable bonds is 5. The molecule has 0 radical (unpaired) electrons. The van der Waals surface area contributed by atoms with E-state index in [1.807, 2.05) is 0 Å². The van der Waals surface area contributed by atoms with Crippen molar-refractivity contribution in [1.29, 1.82) is 0 Å². The van der Waals surface area contributed by atoms with E-state index in [9.17, 15) is 4.79 Å². The number of benzene rings is 1. The van der Waals surface area contributed by atoms with Crippen molar-refractivity contribution in [3.8, 4) is 5.75 Å². The smallest absolute Gasteiger partial charge is 0.235 e. The molecule has 0 aliphatic heterocycles. The van der Waals surface area contributed by atoms with Crippen LogP contribution in [0, 0.1) is 0 Å². The molecule has 2 heterocycles. The maximum Gasteiger partial charge on any atom is 0.235 e. The second kappa shape index (κ2) is 6.58. The molecule has 23 heavy (non-hydrogen) atoms. The van der Waals surface area contributed by atoms with Gasteiger partial charge in [-0.2, -0.15) is 0 Å². The van der Waals surface area contributed by atoms with Gasteiger partial charge < -0.3 is 13.6 Å². The molecule has 0 aliphatic carbocycles. The third kappa shape index (κ3) is 3.22. The molecule has 0 unspecified atom stereocenters. The first-order valence-corrected chi connectivity index (χ1v) is 7.28. The normalized spacial score (nSPS) is 11.2. The molecule has 116 valence electrons. The summed E-state index contributed by atoms with van der Waals surface area (Å²) in [7, 11) is 0. The van der Waals surface area contributed by atoms with E-state index in [0.29, 0.717) is 27.5 Å². The predicted octanol–water partition coefficient (Wildman–Crippen LogP) is 4.77. The van der Waals surface area contributed by atoms with E-state index in [1.165, 1.54) is 0 Å². The molecule has 0 saturated heterocycles. The molecule has 0 aliphatic rings. The van der Waals surface area contributed by atoms with E-state index >= 15 is 0 Å². The molecule has 4 nitrogen and oxygen atoms in total. The number of hydrogen-bond donors (Lipinski definition) is 0. The minimum Gasteiger partial charge on any atom is -0.482 e. The Balaban J connectivity index is 2.15. The Kier molecular flexibility index (Phi) is 4.35. The first-order valence-electron chi connectivity index (χ1n) is 6.90. The molecule has 5 heteroatoms. The van der Waals surface area contributed by atoms with Gasteiger partial charge in [-0.05, 0) is 42.5 Å². The van der Waals surface area contributed by atoms with Crippen LogP contribution in [0.3, 0.4) is 0 Å². The Bertz CT molecular complexity index is 920. The van der Waals surface area contributed by atoms with Crippen LogP contribution in [0.4, 0.5) is 0 Å². The van der Waals surface area contributed by atoms with Crippen molar-refractivity contribution >= 4 is 34.7 Å². The molecular weight excluding hydrogens is 316 g/mol. The van der Waals surface area contributed by atoms with Gasteiger partial charge in [0, 0.05) is 5.02 Å². The Labute approximate surface area is 137 Å². The molecule has 0 amide bonds. The summed E-state index contributed by atoms with van der Waals surface area (Å²) in [4.78, 5) is 12.6. The highest BCUT2D eigenvalue weighted by atomic mass is 35.5. The van der Waals surface area contributed by atoms with E-state index in [2.05, 4.69) is 6.58 Å². The van der Waals surface area contributed by atoms with Crippen molar-refractivity contribution < 1.29 is 13.6 Å². The molecule has 0 saturated carbocycles. The van der Waals surface area contributed by atoms with Gasteiger partial charge in [-0.25, -0.2) is 0 Å². The van der Waals surface area contributed by atoms with Crippen molar-refractivity contribution in [3.63, 3.8) is 0 Å². The van der Waals surface area contributed by atoms with Crippen molar-refractivity contribution in [2.24, 2.45) is 0 Å². The lowest BCUT2D eigenvalue weighted by Crippen LogP contribution is -2.10. The van der Waals surface area contributed by atoms with Crippen LogP contribution in [0.5, 0.6) is 5.75 Å². The maximum absolute atomic E-state index is 12.6. The van der Waals surface area contributed by atoms with Gasteiger partial charge in [0.15, 0.2) is 5.76 Å². The van der Waals surface area contributed by atoms with Crippen molar-refractivity contribution in [1.82, 2.24) is 0 Å². The monoisotopic (exact) mass is 328 g/mol. The number of furan rings is 1. The Morgan fingerprint density at radius 3 is 2.87 bits per heavy atom. The minimum atomic E-state index is -0.283. The molecule has 3 aromatic rings. The van der Waals surface area contributed by atoms with Crippen LogP contribution in [0.2, 0.25) is 5.02 Å². The second-order valence-electron chi connectivity index (χ2n) is 4.71. The SMILES string of the molecule is C=CCOc1c(/C=C/c2ccco2)oc2ccc(Cl)cc2c1=O. The summed E-state index contributed by atoms with van der Waals surface area (Å²) >= 11 is 5.95. The van der Waals surface area contributed by atoms with Crippen molar-refractivity contribution in [2.45, 2.75) is 0 Å². The van der Waals surface area contributed by atoms with E-state index in [1.54, 1.807) is 54.8 Å². The van der Waals surface area contributed by atoms with Crippen LogP contribution in [0.1, 0.15) is 11.5 Å². The number of fused-ring (bicyclic) bond motifs is 1. The first-order chi connectivity index (χ1) is 11.2. The maximum atomic E-state index is 12.6. The van der Waals surface area contributed by atoms with Gasteiger partial charge in [-0.1, -0.05) is 24.3 Å². The highest BCUT2D eigenvalue weighted by Crippen LogP contribution is 2.25. The third-order valence-corrected chi connectivity index (χ3v) is 3.36. The van der Waals surface area contributed by atoms with Gasteiger partial charge in [-0.3, -0.25) is 4.79 Å². The summed E-state index contributed by atoms with van der Waals surface area (Å²) in [6.07, 6.45) is 6.45. The van der Waals surface area contributed by atoms with Crippen LogP contribution < -0.4 is 10.2 Å². The molecule has 1 aromatic carbocycles. The quantitative estimate of drug-likeness (QED) is 0.633. The summed E-state index contributed by atoms with van der Waals surface area (Å²) in [5.41, 5.74) is 0.152. The summed E-state index contributed by atoms with van der Waals surface area (Å²) < 4.78 is 16.5. The van der Waals surface area contributed by atoms with Gasteiger partial charge in [0.05, 0.1) is 11.6 Å². The highest BCUT2D eigenvalue weighted by molar-refractivity contribution is 6.31. The summed E-state index contributed by atoms with van der Waals surface area (Å²) in [5.74, 6) is 1.06. The van der Waals surface area contributed by atoms with Crippen LogP contribution in [0.15, 0.2) is 62.9 Å². The first kappa shape index (κ1) is 15.2. The zero-order valence-corrected chi connectivity index (χ0v) is 12.9. The average molecular weight is 329 g/mol. The molecule has 0 bridgehead atoms. The topological polar surface area (TPSA) is 52.6 Å². The molecule has 0 fully saturated rings. The van der Waals surface area contributed by atoms with Gasteiger partial charge in [0.2, 0.25) is 11.2 Å². The summed E-state index contributed by atoms with van der Waals surface area (Å²) in [6.45, 7) is 3.78. The summed E-state index contributed by atoms with van der Waals surface area (Å²) in [6, 6.07) is 8.44. The Morgan fingerprint density at radius 1 is 1.26 bits per heavy atom. The fraction of sp³-hybridized carbons (Fsp3) is 0.0556. The van der Waals surface area contributed by atoms with Crippen molar-refractivity contribution in [2.75, 3.05) is 6.61 Å². The number of ether oxygens (including phenoxy) is 1. The van der Waals surface area contributed by atoms with E-state index in [4.69, 9.17) is 25.2 Å². The number of hydrogen-bond acceptors (Lipinski definition) is 4. The highest BCUT2D eigenvalue weighted by Gasteiger charge is 2.14. The molecule has 0 atom stereocenters. The van der Waals surface area contributed by atoms with Gasteiger partial charge >= 0.3 is 0 Å². The standard InChI is InChI=1S/C18H13ClO4/c1-2-9-22-18-16(8-6-13-4-3-10-21-13)23-15-7-5-12(19)11-14(15)17(18)20/h2-8,10-11H,1,9H2/b8-6+. The Hall–Kier alpha value is -2.72. The van der Waals surface area contributed by atoms with Gasteiger partial charge in [0.25, 0.3) is 0 Å². The zero-order chi connectivity index (χ0) is 16.2. The second-order valence-corrected chi connectivity index (χ2v) is 5.15. The van der Waals surface area contributed by atoms with E-state index in [-0.39, 0.29) is 17.8 Å². The fourth-order valence-electron chi connectivity index (χ4n) is 2.10. The molecule has 2 aromatic heterocycles. The molecule has 0 N–H and O–H groups in total. The lowest BCUT2D eigenvalue weighted by Gasteiger charge is -2.08. The largest absolute Gasteiger partial charge is 0.482 e. The van der Waals surface area contributed by atoms with Crippen LogP contribution in [-0.2, 0) is 0 Å². The number of halogens is 1. The third-order valence-electron chi connectivity index (χ3n) is 3.12.